The predicted octanol–water partition coefficient (Wildman–Crippen LogP) is 2.29. The van der Waals surface area contributed by atoms with Crippen LogP contribution in [0.5, 0.6) is 0 Å². The van der Waals surface area contributed by atoms with Gasteiger partial charge >= 0.3 is 0 Å². The average molecular weight is 274 g/mol. The summed E-state index contributed by atoms with van der Waals surface area (Å²) in [6, 6.07) is 4.10. The van der Waals surface area contributed by atoms with E-state index in [1.807, 2.05) is 43.4 Å². The fourth-order valence-electron chi connectivity index (χ4n) is 1.97. The van der Waals surface area contributed by atoms with Crippen molar-refractivity contribution in [3.05, 3.63) is 41.6 Å². The Labute approximate surface area is 119 Å². The summed E-state index contributed by atoms with van der Waals surface area (Å²) in [7, 11) is 1.95. The average Bonchev–Trinajstić information content (AvgIpc) is 2.84. The van der Waals surface area contributed by atoms with Gasteiger partial charge in [-0.15, -0.1) is 0 Å². The van der Waals surface area contributed by atoms with Crippen molar-refractivity contribution in [2.45, 2.75) is 39.3 Å². The molecule has 0 bridgehead atoms. The molecular formula is C15H22N4O. The lowest BCUT2D eigenvalue weighted by Crippen LogP contribution is -2.22. The third kappa shape index (κ3) is 3.81. The first-order valence-electron chi connectivity index (χ1n) is 6.91. The molecule has 0 spiro atoms. The van der Waals surface area contributed by atoms with Crippen molar-refractivity contribution in [3.63, 3.8) is 0 Å². The van der Waals surface area contributed by atoms with Gasteiger partial charge in [0, 0.05) is 25.5 Å². The standard InChI is InChI=1S/C15H22N4O/c1-4-13(16)7-12-8-17-15(18-9-12)19(3)10-14-6-5-11(2)20-14/h5-6,8-9,13H,4,7,10,16H2,1-3H3. The Morgan fingerprint density at radius 1 is 1.30 bits per heavy atom. The van der Waals surface area contributed by atoms with E-state index in [2.05, 4.69) is 16.9 Å². The SMILES string of the molecule is CCC(N)Cc1cnc(N(C)Cc2ccc(C)o2)nc1. The van der Waals surface area contributed by atoms with Crippen molar-refractivity contribution in [2.24, 2.45) is 5.73 Å². The third-order valence-corrected chi connectivity index (χ3v) is 3.24. The van der Waals surface area contributed by atoms with Crippen LogP contribution >= 0.6 is 0 Å². The number of hydrogen-bond donors (Lipinski definition) is 1. The highest BCUT2D eigenvalue weighted by molar-refractivity contribution is 5.29. The summed E-state index contributed by atoms with van der Waals surface area (Å²) >= 11 is 0. The first-order chi connectivity index (χ1) is 9.58. The highest BCUT2D eigenvalue weighted by Crippen LogP contribution is 2.13. The molecule has 0 aliphatic heterocycles. The van der Waals surface area contributed by atoms with E-state index in [9.17, 15) is 0 Å². The quantitative estimate of drug-likeness (QED) is 0.875. The maximum absolute atomic E-state index is 5.93. The van der Waals surface area contributed by atoms with E-state index >= 15 is 0 Å². The topological polar surface area (TPSA) is 68.2 Å². The molecule has 0 aliphatic carbocycles. The molecule has 20 heavy (non-hydrogen) atoms. The summed E-state index contributed by atoms with van der Waals surface area (Å²) in [6.07, 6.45) is 5.47. The van der Waals surface area contributed by atoms with Crippen LogP contribution in [0.4, 0.5) is 5.95 Å². The van der Waals surface area contributed by atoms with Crippen molar-refractivity contribution in [1.29, 1.82) is 0 Å². The molecule has 0 saturated heterocycles. The maximum atomic E-state index is 5.93. The lowest BCUT2D eigenvalue weighted by atomic mass is 10.1. The molecule has 0 aromatic carbocycles. The molecule has 1 unspecified atom stereocenters. The minimum Gasteiger partial charge on any atom is -0.464 e. The Bertz CT molecular complexity index is 535. The van der Waals surface area contributed by atoms with Gasteiger partial charge in [-0.1, -0.05) is 6.92 Å². The van der Waals surface area contributed by atoms with Gasteiger partial charge in [0.2, 0.25) is 5.95 Å². The number of hydrogen-bond acceptors (Lipinski definition) is 5. The number of aryl methyl sites for hydroxylation is 1. The van der Waals surface area contributed by atoms with E-state index in [0.717, 1.165) is 29.9 Å². The van der Waals surface area contributed by atoms with Gasteiger partial charge in [0.25, 0.3) is 0 Å². The van der Waals surface area contributed by atoms with E-state index in [1.165, 1.54) is 0 Å². The molecule has 2 N–H and O–H groups in total. The van der Waals surface area contributed by atoms with Gasteiger partial charge in [-0.3, -0.25) is 0 Å². The molecule has 0 aliphatic rings. The molecule has 5 heteroatoms. The highest BCUT2D eigenvalue weighted by Gasteiger charge is 2.08. The number of rotatable bonds is 6. The van der Waals surface area contributed by atoms with Crippen LogP contribution in [0.25, 0.3) is 0 Å². The van der Waals surface area contributed by atoms with Crippen LogP contribution in [0.1, 0.15) is 30.4 Å². The van der Waals surface area contributed by atoms with Gasteiger partial charge in [0.05, 0.1) is 6.54 Å². The minimum atomic E-state index is 0.174. The fraction of sp³-hybridized carbons (Fsp3) is 0.467. The van der Waals surface area contributed by atoms with Crippen LogP contribution < -0.4 is 10.6 Å². The second-order valence-electron chi connectivity index (χ2n) is 5.13. The van der Waals surface area contributed by atoms with Gasteiger partial charge in [0.1, 0.15) is 11.5 Å². The molecule has 108 valence electrons. The van der Waals surface area contributed by atoms with Gasteiger partial charge in [-0.05, 0) is 37.5 Å². The van der Waals surface area contributed by atoms with Crippen molar-refractivity contribution < 1.29 is 4.42 Å². The van der Waals surface area contributed by atoms with E-state index in [1.54, 1.807) is 0 Å². The number of nitrogens with two attached hydrogens (primary N) is 1. The van der Waals surface area contributed by atoms with Gasteiger partial charge in [-0.2, -0.15) is 0 Å². The third-order valence-electron chi connectivity index (χ3n) is 3.24. The molecule has 1 atom stereocenters. The molecule has 2 rings (SSSR count). The van der Waals surface area contributed by atoms with Gasteiger partial charge in [0.15, 0.2) is 0 Å². The zero-order valence-corrected chi connectivity index (χ0v) is 12.3. The summed E-state index contributed by atoms with van der Waals surface area (Å²) in [5.41, 5.74) is 7.00. The lowest BCUT2D eigenvalue weighted by Gasteiger charge is -2.16. The summed E-state index contributed by atoms with van der Waals surface area (Å²) < 4.78 is 5.55. The van der Waals surface area contributed by atoms with Gasteiger partial charge < -0.3 is 15.1 Å². The maximum Gasteiger partial charge on any atom is 0.225 e. The zero-order chi connectivity index (χ0) is 14.5. The number of aromatic nitrogens is 2. The van der Waals surface area contributed by atoms with Crippen LogP contribution in [0.2, 0.25) is 0 Å². The smallest absolute Gasteiger partial charge is 0.225 e. The number of anilines is 1. The first-order valence-corrected chi connectivity index (χ1v) is 6.91. The van der Waals surface area contributed by atoms with E-state index in [0.29, 0.717) is 12.5 Å². The second-order valence-corrected chi connectivity index (χ2v) is 5.13. The predicted molar refractivity (Wildman–Crippen MR) is 79.6 cm³/mol. The molecule has 2 aromatic heterocycles. The highest BCUT2D eigenvalue weighted by atomic mass is 16.3. The fourth-order valence-corrected chi connectivity index (χ4v) is 1.97. The molecule has 5 nitrogen and oxygen atoms in total. The first kappa shape index (κ1) is 14.5. The van der Waals surface area contributed by atoms with E-state index < -0.39 is 0 Å². The Hall–Kier alpha value is -1.88. The molecule has 0 fully saturated rings. The van der Waals surface area contributed by atoms with Crippen molar-refractivity contribution >= 4 is 5.95 Å². The molecule has 0 amide bonds. The lowest BCUT2D eigenvalue weighted by molar-refractivity contribution is 0.480. The van der Waals surface area contributed by atoms with Crippen LogP contribution in [0, 0.1) is 6.92 Å². The molecule has 0 saturated carbocycles. The van der Waals surface area contributed by atoms with Crippen molar-refractivity contribution in [2.75, 3.05) is 11.9 Å². The van der Waals surface area contributed by atoms with Gasteiger partial charge in [-0.25, -0.2) is 9.97 Å². The summed E-state index contributed by atoms with van der Waals surface area (Å²) in [5.74, 6) is 2.51. The summed E-state index contributed by atoms with van der Waals surface area (Å²) in [6.45, 7) is 4.67. The Balaban J connectivity index is 1.98. The van der Waals surface area contributed by atoms with Crippen LogP contribution in [0.3, 0.4) is 0 Å². The van der Waals surface area contributed by atoms with Crippen molar-refractivity contribution in [3.8, 4) is 0 Å². The van der Waals surface area contributed by atoms with Crippen molar-refractivity contribution in [1.82, 2.24) is 9.97 Å². The second kappa shape index (κ2) is 6.52. The molecule has 2 aromatic rings. The van der Waals surface area contributed by atoms with Crippen LogP contribution in [0.15, 0.2) is 28.9 Å². The van der Waals surface area contributed by atoms with Crippen LogP contribution in [-0.4, -0.2) is 23.1 Å². The largest absolute Gasteiger partial charge is 0.464 e. The molecule has 0 radical (unpaired) electrons. The number of nitrogens with zero attached hydrogens (tertiary/aromatic N) is 3. The minimum absolute atomic E-state index is 0.174. The Morgan fingerprint density at radius 2 is 2.00 bits per heavy atom. The zero-order valence-electron chi connectivity index (χ0n) is 12.3. The summed E-state index contributed by atoms with van der Waals surface area (Å²) in [5, 5.41) is 0. The summed E-state index contributed by atoms with van der Waals surface area (Å²) in [4.78, 5) is 10.7. The Kier molecular flexibility index (Phi) is 4.74. The van der Waals surface area contributed by atoms with E-state index in [4.69, 9.17) is 10.2 Å². The molecular weight excluding hydrogens is 252 g/mol. The Morgan fingerprint density at radius 3 is 2.55 bits per heavy atom. The monoisotopic (exact) mass is 274 g/mol. The van der Waals surface area contributed by atoms with Crippen LogP contribution in [-0.2, 0) is 13.0 Å². The van der Waals surface area contributed by atoms with E-state index in [-0.39, 0.29) is 6.04 Å². The normalized spacial score (nSPS) is 12.4. The molecule has 2 heterocycles. The number of furan rings is 1.